The number of benzene rings is 3. The maximum atomic E-state index is 14.2. The fourth-order valence-electron chi connectivity index (χ4n) is 11.0. The molecule has 6 atom stereocenters. The van der Waals surface area contributed by atoms with Crippen molar-refractivity contribution in [3.63, 3.8) is 0 Å². The second kappa shape index (κ2) is 24.9. The number of hydrogen-bond donors (Lipinski definition) is 6. The third-order valence-corrected chi connectivity index (χ3v) is 16.0. The number of amides is 5. The summed E-state index contributed by atoms with van der Waals surface area (Å²) in [5, 5.41) is 20.4. The average Bonchev–Trinajstić information content (AvgIpc) is 4.33. The fourth-order valence-corrected chi connectivity index (χ4v) is 11.0. The summed E-state index contributed by atoms with van der Waals surface area (Å²) in [7, 11) is 3.59. The number of likely N-dealkylation sites (N-methyl/N-ethyl adjacent to an activating group) is 2. The molecule has 2 saturated heterocycles. The summed E-state index contributed by atoms with van der Waals surface area (Å²) in [6.45, 7) is 17.8. The van der Waals surface area contributed by atoms with Crippen LogP contribution in [0.1, 0.15) is 122 Å². The van der Waals surface area contributed by atoms with Gasteiger partial charge in [0.1, 0.15) is 12.1 Å². The number of hydrogen-bond acceptors (Lipinski definition) is 10. The van der Waals surface area contributed by atoms with Crippen LogP contribution >= 0.6 is 0 Å². The number of nitrogens with zero attached hydrogens (tertiary/aromatic N) is 6. The second-order valence-electron chi connectivity index (χ2n) is 22.0. The van der Waals surface area contributed by atoms with E-state index in [9.17, 15) is 24.0 Å². The third kappa shape index (κ3) is 12.0. The second-order valence-corrected chi connectivity index (χ2v) is 22.0. The van der Waals surface area contributed by atoms with Crippen LogP contribution in [0.5, 0.6) is 0 Å². The van der Waals surface area contributed by atoms with Gasteiger partial charge in [0.2, 0.25) is 17.7 Å². The van der Waals surface area contributed by atoms with Crippen molar-refractivity contribution in [3.05, 3.63) is 168 Å². The molecule has 0 saturated carbocycles. The summed E-state index contributed by atoms with van der Waals surface area (Å²) < 4.78 is 3.96. The third-order valence-electron chi connectivity index (χ3n) is 16.0. The molecule has 6 heterocycles. The van der Waals surface area contributed by atoms with E-state index in [1.807, 2.05) is 158 Å². The normalized spacial score (nSPS) is 16.9. The zero-order valence-corrected chi connectivity index (χ0v) is 47.3. The van der Waals surface area contributed by atoms with E-state index in [4.69, 9.17) is 0 Å². The van der Waals surface area contributed by atoms with Crippen LogP contribution in [0.4, 0.5) is 0 Å². The molecular formula is C63H76N12O5. The number of pyridine rings is 2. The Kier molecular flexibility index (Phi) is 17.6. The lowest BCUT2D eigenvalue weighted by atomic mass is 10.00. The van der Waals surface area contributed by atoms with Crippen molar-refractivity contribution in [2.24, 2.45) is 11.8 Å². The van der Waals surface area contributed by atoms with Crippen LogP contribution in [-0.2, 0) is 27.5 Å². The van der Waals surface area contributed by atoms with E-state index >= 15 is 0 Å². The highest BCUT2D eigenvalue weighted by atomic mass is 16.2. The van der Waals surface area contributed by atoms with Gasteiger partial charge in [-0.05, 0) is 112 Å². The maximum absolute atomic E-state index is 14.2. The van der Waals surface area contributed by atoms with Gasteiger partial charge >= 0.3 is 0 Å². The first-order valence-electron chi connectivity index (χ1n) is 28.0. The molecule has 0 unspecified atom stereocenters. The fraction of sp³-hybridized carbons (Fsp3) is 0.381. The Balaban J connectivity index is 0.841. The lowest BCUT2D eigenvalue weighted by molar-refractivity contribution is -0.138. The highest BCUT2D eigenvalue weighted by Crippen LogP contribution is 2.37. The van der Waals surface area contributed by atoms with E-state index in [2.05, 4.69) is 54.5 Å². The van der Waals surface area contributed by atoms with Crippen LogP contribution < -0.4 is 31.9 Å². The molecule has 0 aliphatic carbocycles. The molecule has 17 heteroatoms. The summed E-state index contributed by atoms with van der Waals surface area (Å²) in [5.74, 6) is -0.799. The SMILES string of the molecule is C=C(N[C@H](C(=O)N1CCC[C@H]1c1cncc(-n2cc(C(=O)NCc3ccc(CNC(=O)c4cn(-c5cncc([C@@H]6CCCN6C(=O)[C@@H](NC(=O)[C@H](C)NC)C(C)C)c5)c5ccccc45)cc3)c3ccccc32)c1)C(C)C)[C@H](C)NC. The van der Waals surface area contributed by atoms with Gasteiger partial charge < -0.3 is 50.8 Å². The smallest absolute Gasteiger partial charge is 0.253 e. The summed E-state index contributed by atoms with van der Waals surface area (Å²) in [4.78, 5) is 82.3. The first-order valence-corrected chi connectivity index (χ1v) is 28.0. The van der Waals surface area contributed by atoms with Gasteiger partial charge in [0.05, 0.1) is 64.1 Å². The molecule has 3 aromatic carbocycles. The highest BCUT2D eigenvalue weighted by Gasteiger charge is 2.38. The van der Waals surface area contributed by atoms with Crippen LogP contribution in [0.2, 0.25) is 0 Å². The van der Waals surface area contributed by atoms with E-state index in [1.54, 1.807) is 32.6 Å². The van der Waals surface area contributed by atoms with Gasteiger partial charge in [0.15, 0.2) is 0 Å². The number of para-hydroxylation sites is 2. The first kappa shape index (κ1) is 56.6. The molecule has 9 rings (SSSR count). The van der Waals surface area contributed by atoms with Gasteiger partial charge in [-0.1, -0.05) is 94.9 Å². The molecule has 6 N–H and O–H groups in total. The summed E-state index contributed by atoms with van der Waals surface area (Å²) >= 11 is 0. The number of fused-ring (bicyclic) bond motifs is 2. The van der Waals surface area contributed by atoms with Crippen LogP contribution in [0.15, 0.2) is 134 Å². The average molecular weight is 1080 g/mol. The molecule has 0 bridgehead atoms. The van der Waals surface area contributed by atoms with Crippen molar-refractivity contribution in [1.29, 1.82) is 0 Å². The molecule has 2 fully saturated rings. The largest absolute Gasteiger partial charge is 0.376 e. The molecule has 4 aromatic heterocycles. The topological polar surface area (TPSA) is 200 Å². The van der Waals surface area contributed by atoms with Crippen molar-refractivity contribution in [3.8, 4) is 11.4 Å². The number of carbonyl (C=O) groups is 5. The lowest BCUT2D eigenvalue weighted by Crippen LogP contribution is -2.54. The molecule has 418 valence electrons. The van der Waals surface area contributed by atoms with Gasteiger partial charge in [-0.2, -0.15) is 0 Å². The number of rotatable bonds is 21. The Morgan fingerprint density at radius 1 is 0.575 bits per heavy atom. The minimum atomic E-state index is -0.667. The molecule has 7 aromatic rings. The van der Waals surface area contributed by atoms with Gasteiger partial charge in [-0.25, -0.2) is 0 Å². The van der Waals surface area contributed by atoms with Crippen LogP contribution in [0, 0.1) is 11.8 Å². The summed E-state index contributed by atoms with van der Waals surface area (Å²) in [6.07, 6.45) is 14.2. The van der Waals surface area contributed by atoms with E-state index in [1.165, 1.54) is 0 Å². The summed E-state index contributed by atoms with van der Waals surface area (Å²) in [6, 6.07) is 25.6. The minimum absolute atomic E-state index is 0.00694. The molecule has 17 nitrogen and oxygen atoms in total. The Hall–Kier alpha value is -8.15. The number of carbonyl (C=O) groups excluding carboxylic acids is 5. The monoisotopic (exact) mass is 1080 g/mol. The first-order chi connectivity index (χ1) is 38.6. The van der Waals surface area contributed by atoms with Crippen molar-refractivity contribution < 1.29 is 24.0 Å². The van der Waals surface area contributed by atoms with Gasteiger partial charge in [-0.15, -0.1) is 0 Å². The van der Waals surface area contributed by atoms with Gasteiger partial charge in [-0.3, -0.25) is 33.9 Å². The minimum Gasteiger partial charge on any atom is -0.376 e. The maximum Gasteiger partial charge on any atom is 0.253 e. The van der Waals surface area contributed by atoms with E-state index in [-0.39, 0.29) is 66.0 Å². The van der Waals surface area contributed by atoms with E-state index in [0.717, 1.165) is 86.8 Å². The zero-order valence-electron chi connectivity index (χ0n) is 47.3. The Morgan fingerprint density at radius 3 is 1.43 bits per heavy atom. The number of nitrogens with one attached hydrogen (secondary N) is 6. The Labute approximate surface area is 469 Å². The molecule has 2 aliphatic rings. The molecule has 0 spiro atoms. The Bertz CT molecular complexity index is 3180. The van der Waals surface area contributed by atoms with Crippen LogP contribution in [-0.4, -0.2) is 110 Å². The Morgan fingerprint density at radius 2 is 1.00 bits per heavy atom. The quantitative estimate of drug-likeness (QED) is 0.0410. The predicted molar refractivity (Wildman–Crippen MR) is 313 cm³/mol. The summed E-state index contributed by atoms with van der Waals surface area (Å²) in [5.41, 5.74) is 8.69. The molecule has 5 amide bonds. The standard InChI is InChI=1S/C63H76N12O5/c1-38(2)57(70-41(6)40(5)64-8)62(79)72-26-14-20-53(72)45-28-47(34-66-32-45)74-36-51(49-16-10-12-18-55(49)74)60(77)68-30-43-22-24-44(25-23-43)31-69-61(78)52-37-75(56-19-13-11-17-50(52)56)48-29-46(33-67-35-48)54-21-15-27-73(54)63(80)58(39(3)4)71-59(76)42(7)65-9/h10-13,16-19,22-25,28-29,32-40,42,53-54,57-58,64-65,70H,6,14-15,20-21,26-27,30-31H2,1-5,7-9H3,(H,68,77)(H,69,78)(H,71,76)/t40-,42-,53-,54-,57-,58-/m0/s1. The lowest BCUT2D eigenvalue weighted by Gasteiger charge is -2.33. The van der Waals surface area contributed by atoms with Crippen molar-refractivity contribution >= 4 is 51.3 Å². The van der Waals surface area contributed by atoms with Crippen LogP contribution in [0.3, 0.4) is 0 Å². The number of likely N-dealkylation sites (tertiary alicyclic amines) is 2. The van der Waals surface area contributed by atoms with Gasteiger partial charge in [0.25, 0.3) is 11.8 Å². The highest BCUT2D eigenvalue weighted by molar-refractivity contribution is 6.08. The van der Waals surface area contributed by atoms with E-state index < -0.39 is 18.1 Å². The zero-order chi connectivity index (χ0) is 56.8. The van der Waals surface area contributed by atoms with Crippen molar-refractivity contribution in [1.82, 2.24) is 60.8 Å². The molecular weight excluding hydrogens is 1000 g/mol. The van der Waals surface area contributed by atoms with Crippen LogP contribution in [0.25, 0.3) is 33.2 Å². The number of aromatic nitrogens is 4. The predicted octanol–water partition coefficient (Wildman–Crippen LogP) is 8.04. The van der Waals surface area contributed by atoms with Gasteiger partial charge in [0, 0.05) is 73.5 Å². The molecule has 80 heavy (non-hydrogen) atoms. The van der Waals surface area contributed by atoms with Crippen molar-refractivity contribution in [2.75, 3.05) is 27.2 Å². The van der Waals surface area contributed by atoms with Crippen molar-refractivity contribution in [2.45, 2.75) is 117 Å². The molecule has 2 aliphatic heterocycles. The van der Waals surface area contributed by atoms with E-state index in [0.29, 0.717) is 30.8 Å². The molecule has 0 radical (unpaired) electrons.